The van der Waals surface area contributed by atoms with Crippen molar-refractivity contribution in [3.8, 4) is 11.3 Å². The van der Waals surface area contributed by atoms with Crippen LogP contribution in [0.15, 0.2) is 84.2 Å². The van der Waals surface area contributed by atoms with E-state index in [1.165, 1.54) is 0 Å². The normalized spacial score (nSPS) is 11.0. The number of hydrogen-bond donors (Lipinski definition) is 1. The van der Waals surface area contributed by atoms with E-state index in [-0.39, 0.29) is 5.91 Å². The highest BCUT2D eigenvalue weighted by molar-refractivity contribution is 6.33. The summed E-state index contributed by atoms with van der Waals surface area (Å²) in [5.41, 5.74) is 6.01. The Morgan fingerprint density at radius 1 is 1.00 bits per heavy atom. The molecule has 4 rings (SSSR count). The summed E-state index contributed by atoms with van der Waals surface area (Å²) in [7, 11) is 0. The Morgan fingerprint density at radius 3 is 2.57 bits per heavy atom. The summed E-state index contributed by atoms with van der Waals surface area (Å²) in [6.07, 6.45) is 4.89. The standard InChI is InChI=1S/C22H15ClN4O/c23-19-7-3-1-6-17(19)21-13-18(16-5-2-4-8-20(16)26-21)22(28)27-25-14-15-9-11-24-12-10-15/h1-14H,(H,27,28)/b25-14-. The highest BCUT2D eigenvalue weighted by Crippen LogP contribution is 2.29. The van der Waals surface area contributed by atoms with E-state index in [0.717, 1.165) is 16.5 Å². The molecule has 1 N–H and O–H groups in total. The summed E-state index contributed by atoms with van der Waals surface area (Å²) < 4.78 is 0. The molecular formula is C22H15ClN4O. The van der Waals surface area contributed by atoms with Gasteiger partial charge in [0.05, 0.1) is 23.0 Å². The van der Waals surface area contributed by atoms with Gasteiger partial charge in [-0.25, -0.2) is 10.4 Å². The molecule has 28 heavy (non-hydrogen) atoms. The Bertz CT molecular complexity index is 1180. The minimum atomic E-state index is -0.322. The van der Waals surface area contributed by atoms with Gasteiger partial charge in [0.15, 0.2) is 0 Å². The van der Waals surface area contributed by atoms with Crippen LogP contribution in [0.5, 0.6) is 0 Å². The van der Waals surface area contributed by atoms with Crippen molar-refractivity contribution in [2.45, 2.75) is 0 Å². The second-order valence-corrected chi connectivity index (χ2v) is 6.44. The summed E-state index contributed by atoms with van der Waals surface area (Å²) in [5.74, 6) is -0.322. The van der Waals surface area contributed by atoms with E-state index < -0.39 is 0 Å². The smallest absolute Gasteiger partial charge is 0.267 e. The van der Waals surface area contributed by atoms with Gasteiger partial charge in [-0.15, -0.1) is 0 Å². The molecule has 0 radical (unpaired) electrons. The molecule has 2 aromatic heterocycles. The van der Waals surface area contributed by atoms with Gasteiger partial charge in [0.25, 0.3) is 5.91 Å². The predicted octanol–water partition coefficient (Wildman–Crippen LogP) is 4.71. The van der Waals surface area contributed by atoms with Crippen molar-refractivity contribution in [2.75, 3.05) is 0 Å². The van der Waals surface area contributed by atoms with Crippen molar-refractivity contribution in [3.63, 3.8) is 0 Å². The number of amides is 1. The number of halogens is 1. The van der Waals surface area contributed by atoms with Crippen molar-refractivity contribution >= 4 is 34.6 Å². The molecule has 2 heterocycles. The summed E-state index contributed by atoms with van der Waals surface area (Å²) >= 11 is 6.32. The molecule has 1 amide bonds. The topological polar surface area (TPSA) is 67.2 Å². The lowest BCUT2D eigenvalue weighted by atomic mass is 10.0. The minimum absolute atomic E-state index is 0.322. The fourth-order valence-electron chi connectivity index (χ4n) is 2.85. The number of hydrogen-bond acceptors (Lipinski definition) is 4. The zero-order valence-electron chi connectivity index (χ0n) is 14.7. The number of nitrogens with one attached hydrogen (secondary N) is 1. The van der Waals surface area contributed by atoms with E-state index in [1.807, 2.05) is 42.5 Å². The molecule has 2 aromatic carbocycles. The zero-order chi connectivity index (χ0) is 19.3. The summed E-state index contributed by atoms with van der Waals surface area (Å²) in [6, 6.07) is 20.2. The highest BCUT2D eigenvalue weighted by Gasteiger charge is 2.14. The number of hydrazone groups is 1. The number of carbonyl (C=O) groups is 1. The van der Waals surface area contributed by atoms with Gasteiger partial charge in [-0.2, -0.15) is 5.10 Å². The first kappa shape index (κ1) is 17.8. The Labute approximate surface area is 166 Å². The number of benzene rings is 2. The quantitative estimate of drug-likeness (QED) is 0.408. The summed E-state index contributed by atoms with van der Waals surface area (Å²) in [4.78, 5) is 21.4. The average Bonchev–Trinajstić information content (AvgIpc) is 2.74. The third-order valence-electron chi connectivity index (χ3n) is 4.20. The van der Waals surface area contributed by atoms with Gasteiger partial charge < -0.3 is 0 Å². The van der Waals surface area contributed by atoms with Crippen LogP contribution >= 0.6 is 11.6 Å². The van der Waals surface area contributed by atoms with Gasteiger partial charge in [-0.05, 0) is 35.9 Å². The number of rotatable bonds is 4. The predicted molar refractivity (Wildman–Crippen MR) is 111 cm³/mol. The Morgan fingerprint density at radius 2 is 1.75 bits per heavy atom. The van der Waals surface area contributed by atoms with Crippen LogP contribution in [0.4, 0.5) is 0 Å². The lowest BCUT2D eigenvalue weighted by molar-refractivity contribution is 0.0957. The van der Waals surface area contributed by atoms with Crippen LogP contribution in [0, 0.1) is 0 Å². The maximum Gasteiger partial charge on any atom is 0.272 e. The van der Waals surface area contributed by atoms with Crippen molar-refractivity contribution in [1.29, 1.82) is 0 Å². The van der Waals surface area contributed by atoms with Gasteiger partial charge in [-0.3, -0.25) is 9.78 Å². The molecule has 4 aromatic rings. The summed E-state index contributed by atoms with van der Waals surface area (Å²) in [6.45, 7) is 0. The first-order chi connectivity index (χ1) is 13.7. The zero-order valence-corrected chi connectivity index (χ0v) is 15.5. The van der Waals surface area contributed by atoms with Gasteiger partial charge in [-0.1, -0.05) is 48.0 Å². The molecule has 0 aliphatic heterocycles. The molecule has 0 saturated heterocycles. The highest BCUT2D eigenvalue weighted by atomic mass is 35.5. The van der Waals surface area contributed by atoms with Crippen LogP contribution in [0.1, 0.15) is 15.9 Å². The molecular weight excluding hydrogens is 372 g/mol. The van der Waals surface area contributed by atoms with E-state index in [4.69, 9.17) is 11.6 Å². The number of pyridine rings is 2. The van der Waals surface area contributed by atoms with Crippen LogP contribution in [-0.4, -0.2) is 22.1 Å². The number of aromatic nitrogens is 2. The number of carbonyl (C=O) groups excluding carboxylic acids is 1. The first-order valence-corrected chi connectivity index (χ1v) is 8.98. The van der Waals surface area contributed by atoms with E-state index >= 15 is 0 Å². The second kappa shape index (κ2) is 7.98. The fraction of sp³-hybridized carbons (Fsp3) is 0. The van der Waals surface area contributed by atoms with E-state index in [0.29, 0.717) is 21.8 Å². The van der Waals surface area contributed by atoms with Gasteiger partial charge >= 0.3 is 0 Å². The van der Waals surface area contributed by atoms with Crippen molar-refractivity contribution in [3.05, 3.63) is 95.3 Å². The van der Waals surface area contributed by atoms with Crippen LogP contribution in [0.2, 0.25) is 5.02 Å². The lowest BCUT2D eigenvalue weighted by Crippen LogP contribution is -2.18. The van der Waals surface area contributed by atoms with Crippen LogP contribution in [0.25, 0.3) is 22.2 Å². The van der Waals surface area contributed by atoms with Crippen LogP contribution in [-0.2, 0) is 0 Å². The molecule has 0 spiro atoms. The summed E-state index contributed by atoms with van der Waals surface area (Å²) in [5, 5.41) is 5.37. The molecule has 0 atom stereocenters. The van der Waals surface area contributed by atoms with Gasteiger partial charge in [0, 0.05) is 28.4 Å². The molecule has 5 nitrogen and oxygen atoms in total. The maximum atomic E-state index is 12.8. The van der Waals surface area contributed by atoms with Crippen molar-refractivity contribution in [2.24, 2.45) is 5.10 Å². The maximum absolute atomic E-state index is 12.8. The third kappa shape index (κ3) is 3.75. The van der Waals surface area contributed by atoms with Crippen LogP contribution in [0.3, 0.4) is 0 Å². The molecule has 0 bridgehead atoms. The molecule has 0 aliphatic carbocycles. The van der Waals surface area contributed by atoms with E-state index in [9.17, 15) is 4.79 Å². The lowest BCUT2D eigenvalue weighted by Gasteiger charge is -2.10. The first-order valence-electron chi connectivity index (χ1n) is 8.60. The minimum Gasteiger partial charge on any atom is -0.267 e. The second-order valence-electron chi connectivity index (χ2n) is 6.03. The Balaban J connectivity index is 1.72. The molecule has 0 saturated carbocycles. The number of para-hydroxylation sites is 1. The molecule has 136 valence electrons. The van der Waals surface area contributed by atoms with Crippen LogP contribution < -0.4 is 5.43 Å². The number of fused-ring (bicyclic) bond motifs is 1. The molecule has 0 aliphatic rings. The fourth-order valence-corrected chi connectivity index (χ4v) is 3.08. The third-order valence-corrected chi connectivity index (χ3v) is 4.53. The Hall–Kier alpha value is -3.57. The SMILES string of the molecule is O=C(N/N=C\c1ccncc1)c1cc(-c2ccccc2Cl)nc2ccccc12. The molecule has 0 unspecified atom stereocenters. The molecule has 6 heteroatoms. The number of nitrogens with zero attached hydrogens (tertiary/aromatic N) is 3. The van der Waals surface area contributed by atoms with Crippen molar-refractivity contribution < 1.29 is 4.79 Å². The monoisotopic (exact) mass is 386 g/mol. The largest absolute Gasteiger partial charge is 0.272 e. The van der Waals surface area contributed by atoms with Gasteiger partial charge in [0.2, 0.25) is 0 Å². The Kier molecular flexibility index (Phi) is 5.08. The van der Waals surface area contributed by atoms with Gasteiger partial charge in [0.1, 0.15) is 0 Å². The van der Waals surface area contributed by atoms with E-state index in [2.05, 4.69) is 20.5 Å². The van der Waals surface area contributed by atoms with Crippen molar-refractivity contribution in [1.82, 2.24) is 15.4 Å². The van der Waals surface area contributed by atoms with E-state index in [1.54, 1.807) is 42.9 Å². The average molecular weight is 387 g/mol. The molecule has 0 fully saturated rings.